The largest absolute Gasteiger partial charge is 0.379 e. The molecular formula is C19H37IN4O2S. The molecule has 0 fully saturated rings. The SMILES string of the molecule is CCCCOCCOCCNC(=NCC(c1cccs1)N(C)C)NCC.I. The molecule has 0 bridgehead atoms. The molecule has 6 nitrogen and oxygen atoms in total. The number of nitrogens with zero attached hydrogens (tertiary/aromatic N) is 2. The van der Waals surface area contributed by atoms with Crippen LogP contribution in [0.15, 0.2) is 22.5 Å². The highest BCUT2D eigenvalue weighted by atomic mass is 127. The number of guanidine groups is 1. The normalized spacial score (nSPS) is 12.7. The van der Waals surface area contributed by atoms with Gasteiger partial charge >= 0.3 is 0 Å². The van der Waals surface area contributed by atoms with E-state index in [1.165, 1.54) is 11.3 Å². The first-order valence-electron chi connectivity index (χ1n) is 9.56. The van der Waals surface area contributed by atoms with Crippen LogP contribution in [0, 0.1) is 0 Å². The lowest BCUT2D eigenvalue weighted by molar-refractivity contribution is 0.0487. The summed E-state index contributed by atoms with van der Waals surface area (Å²) in [6.45, 7) is 9.29. The molecule has 158 valence electrons. The highest BCUT2D eigenvalue weighted by Gasteiger charge is 2.14. The third kappa shape index (κ3) is 12.6. The number of nitrogens with one attached hydrogen (secondary N) is 2. The molecule has 0 aliphatic rings. The Balaban J connectivity index is 0.00000676. The van der Waals surface area contributed by atoms with Crippen molar-refractivity contribution in [3.8, 4) is 0 Å². The van der Waals surface area contributed by atoms with Crippen LogP contribution >= 0.6 is 35.3 Å². The van der Waals surface area contributed by atoms with Gasteiger partial charge in [-0.1, -0.05) is 19.4 Å². The molecule has 0 amide bonds. The Kier molecular flexibility index (Phi) is 17.4. The van der Waals surface area contributed by atoms with Gasteiger partial charge in [-0.2, -0.15) is 0 Å². The summed E-state index contributed by atoms with van der Waals surface area (Å²) in [5.74, 6) is 0.832. The fraction of sp³-hybridized carbons (Fsp3) is 0.737. The summed E-state index contributed by atoms with van der Waals surface area (Å²) < 4.78 is 11.1. The van der Waals surface area contributed by atoms with Crippen LogP contribution in [-0.4, -0.2) is 71.0 Å². The number of rotatable bonds is 14. The maximum atomic E-state index is 5.59. The number of thiophene rings is 1. The standard InChI is InChI=1S/C19H36N4O2S.HI/c1-5-7-11-24-13-14-25-12-10-21-19(20-6-2)22-16-17(23(3)4)18-9-8-15-26-18;/h8-9,15,17H,5-7,10-14,16H2,1-4H3,(H2,20,21,22);1H. The number of ether oxygens (including phenoxy) is 2. The van der Waals surface area contributed by atoms with Crippen LogP contribution in [0.25, 0.3) is 0 Å². The number of likely N-dealkylation sites (N-methyl/N-ethyl adjacent to an activating group) is 1. The van der Waals surface area contributed by atoms with Gasteiger partial charge in [-0.15, -0.1) is 35.3 Å². The first-order valence-corrected chi connectivity index (χ1v) is 10.4. The average Bonchev–Trinajstić information content (AvgIpc) is 3.14. The van der Waals surface area contributed by atoms with E-state index >= 15 is 0 Å². The summed E-state index contributed by atoms with van der Waals surface area (Å²) in [7, 11) is 4.19. The third-order valence-corrected chi connectivity index (χ3v) is 4.79. The van der Waals surface area contributed by atoms with Gasteiger partial charge in [0.25, 0.3) is 0 Å². The molecule has 0 radical (unpaired) electrons. The van der Waals surface area contributed by atoms with E-state index in [9.17, 15) is 0 Å². The molecule has 0 aliphatic carbocycles. The highest BCUT2D eigenvalue weighted by Crippen LogP contribution is 2.23. The summed E-state index contributed by atoms with van der Waals surface area (Å²) in [4.78, 5) is 8.28. The van der Waals surface area contributed by atoms with Crippen molar-refractivity contribution in [1.82, 2.24) is 15.5 Å². The zero-order chi connectivity index (χ0) is 19.0. The maximum Gasteiger partial charge on any atom is 0.191 e. The lowest BCUT2D eigenvalue weighted by Crippen LogP contribution is -2.39. The Labute approximate surface area is 186 Å². The molecule has 1 aromatic heterocycles. The van der Waals surface area contributed by atoms with Crippen molar-refractivity contribution in [2.45, 2.75) is 32.7 Å². The molecule has 0 aromatic carbocycles. The van der Waals surface area contributed by atoms with Crippen LogP contribution in [0.1, 0.15) is 37.6 Å². The minimum atomic E-state index is 0. The third-order valence-electron chi connectivity index (χ3n) is 3.81. The van der Waals surface area contributed by atoms with E-state index in [4.69, 9.17) is 14.5 Å². The first-order chi connectivity index (χ1) is 12.7. The molecule has 0 saturated carbocycles. The Morgan fingerprint density at radius 2 is 1.89 bits per heavy atom. The van der Waals surface area contributed by atoms with Gasteiger partial charge in [0.05, 0.1) is 32.4 Å². The second-order valence-corrected chi connectivity index (χ2v) is 7.20. The summed E-state index contributed by atoms with van der Waals surface area (Å²) in [5.41, 5.74) is 0. The minimum absolute atomic E-state index is 0. The Bertz CT molecular complexity index is 472. The predicted molar refractivity (Wildman–Crippen MR) is 127 cm³/mol. The predicted octanol–water partition coefficient (Wildman–Crippen LogP) is 3.36. The lowest BCUT2D eigenvalue weighted by atomic mass is 10.2. The Hall–Kier alpha value is -0.420. The molecule has 8 heteroatoms. The van der Waals surface area contributed by atoms with Crippen molar-refractivity contribution >= 4 is 41.3 Å². The molecule has 1 aromatic rings. The maximum absolute atomic E-state index is 5.59. The van der Waals surface area contributed by atoms with Gasteiger partial charge in [0, 0.05) is 24.6 Å². The molecule has 0 spiro atoms. The Morgan fingerprint density at radius 1 is 1.15 bits per heavy atom. The van der Waals surface area contributed by atoms with Crippen LogP contribution in [-0.2, 0) is 9.47 Å². The van der Waals surface area contributed by atoms with E-state index in [1.54, 1.807) is 11.3 Å². The number of hydrogen-bond donors (Lipinski definition) is 2. The Morgan fingerprint density at radius 3 is 2.48 bits per heavy atom. The molecule has 1 heterocycles. The van der Waals surface area contributed by atoms with Gasteiger partial charge in [0.2, 0.25) is 0 Å². The van der Waals surface area contributed by atoms with Crippen molar-refractivity contribution in [3.05, 3.63) is 22.4 Å². The zero-order valence-corrected chi connectivity index (χ0v) is 20.3. The second kappa shape index (κ2) is 17.7. The van der Waals surface area contributed by atoms with Crippen molar-refractivity contribution in [3.63, 3.8) is 0 Å². The number of halogens is 1. The molecule has 1 unspecified atom stereocenters. The van der Waals surface area contributed by atoms with Crippen LogP contribution in [0.4, 0.5) is 0 Å². The zero-order valence-electron chi connectivity index (χ0n) is 17.2. The van der Waals surface area contributed by atoms with Crippen molar-refractivity contribution < 1.29 is 9.47 Å². The van der Waals surface area contributed by atoms with Gasteiger partial charge in [0.1, 0.15) is 0 Å². The molecular weight excluding hydrogens is 475 g/mol. The fourth-order valence-electron chi connectivity index (χ4n) is 2.32. The van der Waals surface area contributed by atoms with Gasteiger partial charge in [-0.3, -0.25) is 4.99 Å². The van der Waals surface area contributed by atoms with Gasteiger partial charge in [-0.25, -0.2) is 0 Å². The topological polar surface area (TPSA) is 58.1 Å². The molecule has 0 saturated heterocycles. The monoisotopic (exact) mass is 512 g/mol. The minimum Gasteiger partial charge on any atom is -0.379 e. The van der Waals surface area contributed by atoms with E-state index in [0.717, 1.165) is 38.6 Å². The van der Waals surface area contributed by atoms with Gasteiger partial charge in [0.15, 0.2) is 5.96 Å². The second-order valence-electron chi connectivity index (χ2n) is 6.22. The lowest BCUT2D eigenvalue weighted by Gasteiger charge is -2.22. The summed E-state index contributed by atoms with van der Waals surface area (Å²) in [6, 6.07) is 4.55. The molecule has 0 aliphatic heterocycles. The van der Waals surface area contributed by atoms with E-state index in [0.29, 0.717) is 25.9 Å². The fourth-order valence-corrected chi connectivity index (χ4v) is 3.23. The number of unbranched alkanes of at least 4 members (excludes halogenated alkanes) is 1. The van der Waals surface area contributed by atoms with E-state index in [1.807, 2.05) is 0 Å². The van der Waals surface area contributed by atoms with Gasteiger partial charge < -0.3 is 25.0 Å². The summed E-state index contributed by atoms with van der Waals surface area (Å²) in [6.07, 6.45) is 2.28. The molecule has 1 atom stereocenters. The van der Waals surface area contributed by atoms with Crippen molar-refractivity contribution in [2.75, 3.05) is 60.2 Å². The molecule has 1 rings (SSSR count). The van der Waals surface area contributed by atoms with Crippen molar-refractivity contribution in [2.24, 2.45) is 4.99 Å². The van der Waals surface area contributed by atoms with Crippen LogP contribution < -0.4 is 10.6 Å². The highest BCUT2D eigenvalue weighted by molar-refractivity contribution is 14.0. The van der Waals surface area contributed by atoms with Crippen LogP contribution in [0.3, 0.4) is 0 Å². The first kappa shape index (κ1) is 26.6. The number of hydrogen-bond acceptors (Lipinski definition) is 5. The molecule has 27 heavy (non-hydrogen) atoms. The van der Waals surface area contributed by atoms with Crippen LogP contribution in [0.5, 0.6) is 0 Å². The summed E-state index contributed by atoms with van der Waals surface area (Å²) in [5, 5.41) is 8.73. The number of aliphatic imine (C=N–C) groups is 1. The smallest absolute Gasteiger partial charge is 0.191 e. The quantitative estimate of drug-likeness (QED) is 0.173. The van der Waals surface area contributed by atoms with Gasteiger partial charge in [-0.05, 0) is 38.9 Å². The van der Waals surface area contributed by atoms with Crippen molar-refractivity contribution in [1.29, 1.82) is 0 Å². The van der Waals surface area contributed by atoms with Crippen LogP contribution in [0.2, 0.25) is 0 Å². The summed E-state index contributed by atoms with van der Waals surface area (Å²) >= 11 is 1.77. The average molecular weight is 513 g/mol. The molecule has 2 N–H and O–H groups in total. The van der Waals surface area contributed by atoms with E-state index < -0.39 is 0 Å². The van der Waals surface area contributed by atoms with E-state index in [2.05, 4.69) is 61.0 Å². The van der Waals surface area contributed by atoms with E-state index in [-0.39, 0.29) is 24.0 Å².